The number of ketones is 4. The number of methoxy groups -OCH3 is 2. The number of benzene rings is 1. The highest BCUT2D eigenvalue weighted by molar-refractivity contribution is 6.03. The third kappa shape index (κ3) is 18.5. The van der Waals surface area contributed by atoms with Gasteiger partial charge in [0.2, 0.25) is 29.4 Å². The number of likely N-dealkylation sites (N-methyl/N-ethyl adjacent to an activating group) is 2. The number of nitrogens with one attached hydrogen (secondary N) is 2. The Kier molecular flexibility index (Phi) is 26.8. The molecule has 1 fully saturated rings. The first-order chi connectivity index (χ1) is 35.2. The predicted octanol–water partition coefficient (Wildman–Crippen LogP) is 4.33. The molecule has 18 nitrogen and oxygen atoms in total. The first kappa shape index (κ1) is 64.9. The molecule has 414 valence electrons. The topological polar surface area (TPSA) is 243 Å². The fourth-order valence-corrected chi connectivity index (χ4v) is 10.3. The van der Waals surface area contributed by atoms with Gasteiger partial charge in [-0.05, 0) is 61.3 Å². The van der Waals surface area contributed by atoms with Gasteiger partial charge in [0.15, 0.2) is 11.6 Å². The van der Waals surface area contributed by atoms with E-state index in [-0.39, 0.29) is 67.3 Å². The third-order valence-electron chi connectivity index (χ3n) is 14.8. The SMILES string of the molecule is C#CC(=O)CC(NC(=O)C#C)C(=O)N[C@@H](C)C(=O)C[C@@H](C)C(=O)N(C)[C@H](C(=O)C[C@H](C(=O)N(C)[C@@H]([C@@H](C)CC)[C@@H](CC(=O)N1CCC[C@H]1[C@H](OC)[C@@H](C)C(=O)CC(Cc1ccccc1)C(=O)O)OC)C(C)C)C(C)C. The van der Waals surface area contributed by atoms with Gasteiger partial charge in [-0.15, -0.1) is 12.8 Å². The lowest BCUT2D eigenvalue weighted by molar-refractivity contribution is -0.150. The average molecular weight is 1050 g/mol. The normalized spacial score (nSPS) is 17.8. The minimum Gasteiger partial charge on any atom is -0.481 e. The summed E-state index contributed by atoms with van der Waals surface area (Å²) >= 11 is 0. The molecule has 1 aliphatic heterocycles. The van der Waals surface area contributed by atoms with Gasteiger partial charge in [0.1, 0.15) is 11.8 Å². The van der Waals surface area contributed by atoms with Crippen LogP contribution in [0.3, 0.4) is 0 Å². The van der Waals surface area contributed by atoms with Gasteiger partial charge in [-0.25, -0.2) is 0 Å². The summed E-state index contributed by atoms with van der Waals surface area (Å²) in [5, 5.41) is 14.7. The number of carbonyl (C=O) groups is 10. The Morgan fingerprint density at radius 1 is 0.760 bits per heavy atom. The van der Waals surface area contributed by atoms with Gasteiger partial charge >= 0.3 is 5.97 Å². The Morgan fingerprint density at radius 2 is 1.39 bits per heavy atom. The highest BCUT2D eigenvalue weighted by Crippen LogP contribution is 2.32. The maximum Gasteiger partial charge on any atom is 0.307 e. The van der Waals surface area contributed by atoms with Gasteiger partial charge in [0.05, 0.1) is 48.7 Å². The van der Waals surface area contributed by atoms with E-state index >= 15 is 0 Å². The first-order valence-corrected chi connectivity index (χ1v) is 26.0. The molecular formula is C57H83N5O13. The van der Waals surface area contributed by atoms with Crippen molar-refractivity contribution < 1.29 is 62.5 Å². The van der Waals surface area contributed by atoms with Gasteiger partial charge in [-0.1, -0.05) is 92.1 Å². The van der Waals surface area contributed by atoms with E-state index in [4.69, 9.17) is 22.3 Å². The second kappa shape index (κ2) is 31.0. The number of nitrogens with zero attached hydrogens (tertiary/aromatic N) is 3. The van der Waals surface area contributed by atoms with Gasteiger partial charge < -0.3 is 39.9 Å². The van der Waals surface area contributed by atoms with E-state index in [1.54, 1.807) is 43.5 Å². The Balaban J connectivity index is 2.27. The van der Waals surface area contributed by atoms with Crippen LogP contribution >= 0.6 is 0 Å². The zero-order chi connectivity index (χ0) is 57.0. The van der Waals surface area contributed by atoms with E-state index in [0.29, 0.717) is 25.8 Å². The maximum absolute atomic E-state index is 14.8. The molecule has 75 heavy (non-hydrogen) atoms. The molecule has 1 aliphatic rings. The van der Waals surface area contributed by atoms with Gasteiger partial charge in [-0.3, -0.25) is 47.9 Å². The van der Waals surface area contributed by atoms with Crippen LogP contribution < -0.4 is 10.6 Å². The molecule has 0 spiro atoms. The molecule has 1 aromatic rings. The summed E-state index contributed by atoms with van der Waals surface area (Å²) in [6, 6.07) is 4.46. The Bertz CT molecular complexity index is 2220. The van der Waals surface area contributed by atoms with Crippen molar-refractivity contribution in [3.8, 4) is 24.7 Å². The molecule has 12 atom stereocenters. The number of rotatable bonds is 32. The van der Waals surface area contributed by atoms with Crippen molar-refractivity contribution in [3.63, 3.8) is 0 Å². The molecule has 0 radical (unpaired) electrons. The molecule has 18 heteroatoms. The summed E-state index contributed by atoms with van der Waals surface area (Å²) in [6.07, 6.45) is 9.37. The molecule has 1 aromatic carbocycles. The van der Waals surface area contributed by atoms with E-state index in [1.165, 1.54) is 40.0 Å². The fourth-order valence-electron chi connectivity index (χ4n) is 10.3. The molecule has 5 amide bonds. The second-order valence-electron chi connectivity index (χ2n) is 20.9. The number of aliphatic carboxylic acids is 1. The van der Waals surface area contributed by atoms with Crippen molar-refractivity contribution in [1.82, 2.24) is 25.3 Å². The summed E-state index contributed by atoms with van der Waals surface area (Å²) in [5.74, 6) is -6.69. The van der Waals surface area contributed by atoms with E-state index in [0.717, 1.165) is 5.56 Å². The smallest absolute Gasteiger partial charge is 0.307 e. The number of hydrogen-bond acceptors (Lipinski definition) is 12. The number of carboxylic acids is 1. The summed E-state index contributed by atoms with van der Waals surface area (Å²) in [4.78, 5) is 138. The van der Waals surface area contributed by atoms with Crippen LogP contribution in [-0.2, 0) is 63.8 Å². The quantitative estimate of drug-likeness (QED) is 0.0673. The first-order valence-electron chi connectivity index (χ1n) is 26.0. The molecule has 0 saturated carbocycles. The lowest BCUT2D eigenvalue weighted by Crippen LogP contribution is -2.54. The fraction of sp³-hybridized carbons (Fsp3) is 0.649. The van der Waals surface area contributed by atoms with Crippen LogP contribution in [0.2, 0.25) is 0 Å². The molecular weight excluding hydrogens is 963 g/mol. The number of carboxylic acid groups (broad SMARTS) is 1. The van der Waals surface area contributed by atoms with Gasteiger partial charge in [-0.2, -0.15) is 0 Å². The lowest BCUT2D eigenvalue weighted by atomic mass is 9.83. The molecule has 2 unspecified atom stereocenters. The van der Waals surface area contributed by atoms with Gasteiger partial charge in [0.25, 0.3) is 5.91 Å². The highest BCUT2D eigenvalue weighted by atomic mass is 16.5. The summed E-state index contributed by atoms with van der Waals surface area (Å²) in [5.41, 5.74) is 0.807. The van der Waals surface area contributed by atoms with Crippen LogP contribution in [0.4, 0.5) is 0 Å². The number of likely N-dealkylation sites (tertiary alicyclic amines) is 1. The van der Waals surface area contributed by atoms with Crippen molar-refractivity contribution in [1.29, 1.82) is 0 Å². The van der Waals surface area contributed by atoms with E-state index in [1.807, 2.05) is 63.9 Å². The molecule has 0 aliphatic carbocycles. The molecule has 1 heterocycles. The maximum atomic E-state index is 14.8. The van der Waals surface area contributed by atoms with Crippen LogP contribution in [0.15, 0.2) is 30.3 Å². The number of ether oxygens (including phenoxy) is 2. The van der Waals surface area contributed by atoms with E-state index < -0.39 is 114 Å². The third-order valence-corrected chi connectivity index (χ3v) is 14.8. The standard InChI is InChI=1S/C57H83N5O13/c1-16-35(8)52(48(74-14)32-50(68)62-26-22-25-44(62)53(75-15)37(10)45(64)29-40(57(72)73)28-39-23-20-19-21-24-39)61(13)56(71)42(33(4)5)31-47(66)51(34(6)7)60(12)55(70)36(9)27-46(65)38(11)58-54(69)43(30-41(63)17-2)59-49(67)18-3/h2-3,19-21,23-24,33-38,40,42-44,48,51-53H,16,22,25-32H2,1,4-15H3,(H,58,69)(H,59,67)(H,72,73)/t35-,36+,37-,38-,40?,42-,43?,44-,48+,51-,52-,53+/m0/s1. The van der Waals surface area contributed by atoms with Gasteiger partial charge in [0, 0.05) is 78.3 Å². The predicted molar refractivity (Wildman–Crippen MR) is 282 cm³/mol. The number of Topliss-reactive ketones (excluding diaryl/α,β-unsaturated/α-hetero) is 4. The minimum absolute atomic E-state index is 0.102. The lowest BCUT2D eigenvalue weighted by Gasteiger charge is -2.41. The van der Waals surface area contributed by atoms with Crippen molar-refractivity contribution in [2.24, 2.45) is 41.4 Å². The van der Waals surface area contributed by atoms with Crippen LogP contribution in [0.1, 0.15) is 119 Å². The summed E-state index contributed by atoms with van der Waals surface area (Å²) in [6.45, 7) is 16.2. The molecule has 0 bridgehead atoms. The zero-order valence-corrected chi connectivity index (χ0v) is 46.4. The van der Waals surface area contributed by atoms with Crippen LogP contribution in [-0.4, -0.2) is 156 Å². The monoisotopic (exact) mass is 1050 g/mol. The average Bonchev–Trinajstić information content (AvgIpc) is 3.86. The van der Waals surface area contributed by atoms with E-state index in [9.17, 15) is 53.1 Å². The van der Waals surface area contributed by atoms with Crippen molar-refractivity contribution in [2.75, 3.05) is 34.9 Å². The highest BCUT2D eigenvalue weighted by Gasteiger charge is 2.44. The number of terminal acetylenes is 2. The van der Waals surface area contributed by atoms with E-state index in [2.05, 4.69) is 10.6 Å². The Hall–Kier alpha value is -6.24. The summed E-state index contributed by atoms with van der Waals surface area (Å²) in [7, 11) is 6.08. The number of carbonyl (C=O) groups excluding carboxylic acids is 9. The second-order valence-corrected chi connectivity index (χ2v) is 20.9. The molecule has 1 saturated heterocycles. The van der Waals surface area contributed by atoms with Crippen LogP contribution in [0.25, 0.3) is 0 Å². The molecule has 3 N–H and O–H groups in total. The number of hydrogen-bond donors (Lipinski definition) is 3. The van der Waals surface area contributed by atoms with Crippen molar-refractivity contribution in [3.05, 3.63) is 35.9 Å². The Labute approximate surface area is 444 Å². The van der Waals surface area contributed by atoms with Crippen molar-refractivity contribution in [2.45, 2.75) is 163 Å². The van der Waals surface area contributed by atoms with Crippen molar-refractivity contribution >= 4 is 58.6 Å². The largest absolute Gasteiger partial charge is 0.481 e. The Morgan fingerprint density at radius 3 is 1.91 bits per heavy atom. The zero-order valence-electron chi connectivity index (χ0n) is 46.4. The molecule has 2 rings (SSSR count). The molecule has 0 aromatic heterocycles. The minimum atomic E-state index is -1.44. The summed E-state index contributed by atoms with van der Waals surface area (Å²) < 4.78 is 12.0. The van der Waals surface area contributed by atoms with Crippen LogP contribution in [0, 0.1) is 66.1 Å². The number of amides is 5. The van der Waals surface area contributed by atoms with Crippen LogP contribution in [0.5, 0.6) is 0 Å².